The molecule has 0 bridgehead atoms. The predicted molar refractivity (Wildman–Crippen MR) is 105 cm³/mol. The van der Waals surface area contributed by atoms with Gasteiger partial charge in [0.15, 0.2) is 5.70 Å². The van der Waals surface area contributed by atoms with Crippen LogP contribution in [0.5, 0.6) is 5.75 Å². The van der Waals surface area contributed by atoms with Crippen LogP contribution >= 0.6 is 22.9 Å². The first kappa shape index (κ1) is 17.5. The van der Waals surface area contributed by atoms with Gasteiger partial charge in [-0.15, -0.1) is 11.3 Å². The topological polar surface area (TPSA) is 65.0 Å². The number of nitrogens with zero attached hydrogens (tertiary/aromatic N) is 1. The molecule has 0 saturated heterocycles. The number of hydrogen-bond acceptors (Lipinski definition) is 6. The minimum absolute atomic E-state index is 0.151. The molecule has 3 aromatic rings. The Balaban J connectivity index is 1.69. The van der Waals surface area contributed by atoms with Crippen molar-refractivity contribution in [1.82, 2.24) is 0 Å². The number of cyclic esters (lactones) is 1. The molecule has 5 nitrogen and oxygen atoms in total. The number of hydrogen-bond donors (Lipinski definition) is 0. The van der Waals surface area contributed by atoms with Gasteiger partial charge in [0.25, 0.3) is 0 Å². The Morgan fingerprint density at radius 3 is 2.81 bits per heavy atom. The zero-order chi connectivity index (χ0) is 19.0. The average molecular weight is 398 g/mol. The maximum Gasteiger partial charge on any atom is 0.363 e. The molecular weight excluding hydrogens is 386 g/mol. The van der Waals surface area contributed by atoms with Gasteiger partial charge in [0, 0.05) is 17.0 Å². The highest BCUT2D eigenvalue weighted by atomic mass is 35.5. The fraction of sp³-hybridized carbons (Fsp3) is 0.0500. The first-order valence-corrected chi connectivity index (χ1v) is 9.19. The van der Waals surface area contributed by atoms with Crippen molar-refractivity contribution in [3.63, 3.8) is 0 Å². The van der Waals surface area contributed by atoms with Gasteiger partial charge in [0.05, 0.1) is 5.02 Å². The normalized spacial score (nSPS) is 15.1. The maximum absolute atomic E-state index is 12.2. The lowest BCUT2D eigenvalue weighted by Crippen LogP contribution is -2.04. The minimum atomic E-state index is -0.559. The standard InChI is InChI=1S/C20H12ClNO4S/c1-11(23)25-13-6-4-5-12(9-13)10-15-20(24)26-19(22-15)18-17(21)14-7-2-3-8-16(14)27-18/h2-10H,1H3/b15-10+. The smallest absolute Gasteiger partial charge is 0.363 e. The summed E-state index contributed by atoms with van der Waals surface area (Å²) in [4.78, 5) is 28.2. The van der Waals surface area contributed by atoms with Crippen LogP contribution in [0.3, 0.4) is 0 Å². The molecular formula is C20H12ClNO4S. The molecule has 1 aromatic heterocycles. The van der Waals surface area contributed by atoms with E-state index in [0.29, 0.717) is 21.2 Å². The summed E-state index contributed by atoms with van der Waals surface area (Å²) in [5.74, 6) is -0.398. The van der Waals surface area contributed by atoms with Crippen LogP contribution in [0.1, 0.15) is 17.4 Å². The maximum atomic E-state index is 12.2. The molecule has 2 aromatic carbocycles. The van der Waals surface area contributed by atoms with Gasteiger partial charge < -0.3 is 9.47 Å². The van der Waals surface area contributed by atoms with Crippen LogP contribution in [0.2, 0.25) is 5.02 Å². The van der Waals surface area contributed by atoms with Crippen molar-refractivity contribution in [2.75, 3.05) is 0 Å². The molecule has 0 radical (unpaired) electrons. The molecule has 134 valence electrons. The summed E-state index contributed by atoms with van der Waals surface area (Å²) >= 11 is 7.85. The number of carbonyl (C=O) groups is 2. The number of esters is 2. The zero-order valence-corrected chi connectivity index (χ0v) is 15.6. The van der Waals surface area contributed by atoms with Crippen molar-refractivity contribution in [3.05, 3.63) is 69.7 Å². The molecule has 0 aliphatic carbocycles. The first-order valence-electron chi connectivity index (χ1n) is 8.00. The average Bonchev–Trinajstić information content (AvgIpc) is 3.15. The Hall–Kier alpha value is -2.96. The summed E-state index contributed by atoms with van der Waals surface area (Å²) in [6.45, 7) is 1.32. The second-order valence-electron chi connectivity index (χ2n) is 5.74. The summed E-state index contributed by atoms with van der Waals surface area (Å²) in [6.07, 6.45) is 1.57. The van der Waals surface area contributed by atoms with Crippen LogP contribution < -0.4 is 4.74 Å². The molecule has 0 fully saturated rings. The molecule has 7 heteroatoms. The Kier molecular flexibility index (Phi) is 4.51. The van der Waals surface area contributed by atoms with Gasteiger partial charge >= 0.3 is 11.9 Å². The highest BCUT2D eigenvalue weighted by molar-refractivity contribution is 7.21. The van der Waals surface area contributed by atoms with Crippen molar-refractivity contribution in [2.24, 2.45) is 4.99 Å². The second kappa shape index (κ2) is 6.98. The molecule has 1 aliphatic rings. The lowest BCUT2D eigenvalue weighted by Gasteiger charge is -2.01. The Bertz CT molecular complexity index is 1150. The highest BCUT2D eigenvalue weighted by Gasteiger charge is 2.27. The molecule has 0 N–H and O–H groups in total. The van der Waals surface area contributed by atoms with E-state index in [0.717, 1.165) is 10.1 Å². The number of carbonyl (C=O) groups excluding carboxylic acids is 2. The Morgan fingerprint density at radius 2 is 2.04 bits per heavy atom. The van der Waals surface area contributed by atoms with Crippen molar-refractivity contribution in [2.45, 2.75) is 6.92 Å². The van der Waals surface area contributed by atoms with Crippen LogP contribution in [0.4, 0.5) is 0 Å². The van der Waals surface area contributed by atoms with Gasteiger partial charge in [-0.2, -0.15) is 0 Å². The molecule has 27 heavy (non-hydrogen) atoms. The van der Waals surface area contributed by atoms with E-state index in [-0.39, 0.29) is 11.6 Å². The third-order valence-electron chi connectivity index (χ3n) is 3.77. The largest absolute Gasteiger partial charge is 0.427 e. The Labute approximate surface area is 163 Å². The third kappa shape index (κ3) is 3.49. The van der Waals surface area contributed by atoms with Gasteiger partial charge in [-0.1, -0.05) is 41.9 Å². The summed E-state index contributed by atoms with van der Waals surface area (Å²) in [6, 6.07) is 14.5. The van der Waals surface area contributed by atoms with E-state index in [1.54, 1.807) is 30.3 Å². The quantitative estimate of drug-likeness (QED) is 0.361. The SMILES string of the molecule is CC(=O)Oc1cccc(/C=C2/N=C(c3sc4ccccc4c3Cl)OC2=O)c1. The van der Waals surface area contributed by atoms with Crippen molar-refractivity contribution in [1.29, 1.82) is 0 Å². The van der Waals surface area contributed by atoms with Crippen molar-refractivity contribution < 1.29 is 19.1 Å². The van der Waals surface area contributed by atoms with E-state index in [9.17, 15) is 9.59 Å². The monoisotopic (exact) mass is 397 g/mol. The van der Waals surface area contributed by atoms with Gasteiger partial charge in [-0.25, -0.2) is 9.79 Å². The number of aliphatic imine (C=N–C) groups is 1. The van der Waals surface area contributed by atoms with E-state index < -0.39 is 11.9 Å². The number of halogens is 1. The fourth-order valence-electron chi connectivity index (χ4n) is 2.65. The van der Waals surface area contributed by atoms with Crippen LogP contribution in [-0.4, -0.2) is 17.8 Å². The van der Waals surface area contributed by atoms with E-state index >= 15 is 0 Å². The number of benzene rings is 2. The van der Waals surface area contributed by atoms with Crippen molar-refractivity contribution >= 4 is 56.9 Å². The molecule has 0 amide bonds. The number of rotatable bonds is 3. The minimum Gasteiger partial charge on any atom is -0.427 e. The first-order chi connectivity index (χ1) is 13.0. The van der Waals surface area contributed by atoms with E-state index in [1.807, 2.05) is 24.3 Å². The van der Waals surface area contributed by atoms with E-state index in [4.69, 9.17) is 21.1 Å². The summed E-state index contributed by atoms with van der Waals surface area (Å²) in [7, 11) is 0. The van der Waals surface area contributed by atoms with Gasteiger partial charge in [0.2, 0.25) is 5.90 Å². The second-order valence-corrected chi connectivity index (χ2v) is 7.17. The van der Waals surface area contributed by atoms with E-state index in [1.165, 1.54) is 18.3 Å². The van der Waals surface area contributed by atoms with Gasteiger partial charge in [-0.3, -0.25) is 4.79 Å². The van der Waals surface area contributed by atoms with Gasteiger partial charge in [-0.05, 0) is 29.8 Å². The molecule has 1 aliphatic heterocycles. The third-order valence-corrected chi connectivity index (χ3v) is 5.44. The predicted octanol–water partition coefficient (Wildman–Crippen LogP) is 4.82. The highest BCUT2D eigenvalue weighted by Crippen LogP contribution is 2.37. The zero-order valence-electron chi connectivity index (χ0n) is 14.1. The molecule has 0 saturated carbocycles. The molecule has 4 rings (SSSR count). The lowest BCUT2D eigenvalue weighted by molar-refractivity contribution is -0.132. The fourth-order valence-corrected chi connectivity index (χ4v) is 4.09. The molecule has 0 atom stereocenters. The van der Waals surface area contributed by atoms with Crippen LogP contribution in [0, 0.1) is 0 Å². The molecule has 0 unspecified atom stereocenters. The lowest BCUT2D eigenvalue weighted by atomic mass is 10.2. The van der Waals surface area contributed by atoms with Gasteiger partial charge in [0.1, 0.15) is 10.6 Å². The summed E-state index contributed by atoms with van der Waals surface area (Å²) < 4.78 is 11.4. The number of fused-ring (bicyclic) bond motifs is 1. The molecule has 2 heterocycles. The van der Waals surface area contributed by atoms with Crippen LogP contribution in [-0.2, 0) is 14.3 Å². The number of ether oxygens (including phenoxy) is 2. The molecule has 0 spiro atoms. The van der Waals surface area contributed by atoms with Crippen LogP contribution in [0.25, 0.3) is 16.2 Å². The van der Waals surface area contributed by atoms with E-state index in [2.05, 4.69) is 4.99 Å². The van der Waals surface area contributed by atoms with Crippen LogP contribution in [0.15, 0.2) is 59.2 Å². The van der Waals surface area contributed by atoms with Crippen molar-refractivity contribution in [3.8, 4) is 5.75 Å². The summed E-state index contributed by atoms with van der Waals surface area (Å²) in [5, 5.41) is 1.41. The number of thiophene rings is 1. The Morgan fingerprint density at radius 1 is 1.22 bits per heavy atom. The summed E-state index contributed by atoms with van der Waals surface area (Å²) in [5.41, 5.74) is 0.812.